The van der Waals surface area contributed by atoms with E-state index >= 15 is 0 Å². The molecule has 230 valence electrons. The Morgan fingerprint density at radius 3 is 2.23 bits per heavy atom. The van der Waals surface area contributed by atoms with Gasteiger partial charge in [-0.1, -0.05) is 87.4 Å². The van der Waals surface area contributed by atoms with E-state index in [1.807, 2.05) is 80.6 Å². The second-order valence-electron chi connectivity index (χ2n) is 11.6. The quantitative estimate of drug-likeness (QED) is 0.286. The molecule has 0 aliphatic heterocycles. The van der Waals surface area contributed by atoms with Crippen LogP contribution in [0, 0.1) is 0 Å². The Morgan fingerprint density at radius 1 is 0.930 bits per heavy atom. The highest BCUT2D eigenvalue weighted by Crippen LogP contribution is 2.30. The number of carbonyl (C=O) groups is 2. The van der Waals surface area contributed by atoms with E-state index in [1.165, 1.54) is 4.90 Å². The Labute approximate surface area is 256 Å². The normalized spacial score (nSPS) is 14.3. The third-order valence-corrected chi connectivity index (χ3v) is 9.09. The minimum absolute atomic E-state index is 0.0338. The summed E-state index contributed by atoms with van der Waals surface area (Å²) in [7, 11) is -2.27. The van der Waals surface area contributed by atoms with Crippen molar-refractivity contribution < 1.29 is 22.7 Å². The lowest BCUT2D eigenvalue weighted by molar-refractivity contribution is -0.140. The third kappa shape index (κ3) is 8.60. The van der Waals surface area contributed by atoms with E-state index in [9.17, 15) is 18.0 Å². The fourth-order valence-corrected chi connectivity index (χ4v) is 6.56. The van der Waals surface area contributed by atoms with Gasteiger partial charge in [0.05, 0.1) is 19.1 Å². The predicted molar refractivity (Wildman–Crippen MR) is 171 cm³/mol. The minimum Gasteiger partial charge on any atom is -0.497 e. The van der Waals surface area contributed by atoms with Crippen molar-refractivity contribution in [3.63, 3.8) is 0 Å². The van der Waals surface area contributed by atoms with E-state index in [0.29, 0.717) is 11.4 Å². The van der Waals surface area contributed by atoms with Crippen molar-refractivity contribution in [1.29, 1.82) is 0 Å². The maximum Gasteiger partial charge on any atom is 0.244 e. The molecule has 43 heavy (non-hydrogen) atoms. The Balaban J connectivity index is 1.76. The summed E-state index contributed by atoms with van der Waals surface area (Å²) in [6.45, 7) is 3.64. The highest BCUT2D eigenvalue weighted by Gasteiger charge is 2.34. The molecule has 0 heterocycles. The first-order chi connectivity index (χ1) is 20.6. The molecule has 1 saturated carbocycles. The summed E-state index contributed by atoms with van der Waals surface area (Å²) in [6, 6.07) is 23.4. The second-order valence-corrected chi connectivity index (χ2v) is 13.5. The number of rotatable bonds is 13. The Kier molecular flexibility index (Phi) is 10.9. The number of hydrogen-bond acceptors (Lipinski definition) is 5. The van der Waals surface area contributed by atoms with Crippen molar-refractivity contribution in [2.45, 2.75) is 70.5 Å². The van der Waals surface area contributed by atoms with Crippen LogP contribution >= 0.6 is 0 Å². The van der Waals surface area contributed by atoms with Crippen molar-refractivity contribution in [1.82, 2.24) is 10.2 Å². The molecule has 0 bridgehead atoms. The minimum atomic E-state index is -3.84. The average molecular weight is 606 g/mol. The number of methoxy groups -OCH3 is 1. The molecule has 3 aromatic carbocycles. The maximum atomic E-state index is 14.4. The Bertz CT molecular complexity index is 1490. The van der Waals surface area contributed by atoms with Crippen LogP contribution in [-0.2, 0) is 32.6 Å². The number of anilines is 1. The van der Waals surface area contributed by atoms with Gasteiger partial charge in [-0.3, -0.25) is 13.9 Å². The molecule has 1 aliphatic carbocycles. The lowest BCUT2D eigenvalue weighted by Crippen LogP contribution is -2.54. The lowest BCUT2D eigenvalue weighted by atomic mass is 10.0. The first kappa shape index (κ1) is 32.1. The molecular formula is C34H43N3O5S. The van der Waals surface area contributed by atoms with Gasteiger partial charge in [0.25, 0.3) is 0 Å². The number of nitrogens with one attached hydrogen (secondary N) is 1. The summed E-state index contributed by atoms with van der Waals surface area (Å²) in [5.74, 6) is -0.0372. The molecule has 9 heteroatoms. The summed E-state index contributed by atoms with van der Waals surface area (Å²) < 4.78 is 33.0. The maximum absolute atomic E-state index is 14.4. The molecule has 4 rings (SSSR count). The number of carbonyl (C=O) groups excluding carboxylic acids is 2. The van der Waals surface area contributed by atoms with Gasteiger partial charge in [0.1, 0.15) is 18.3 Å². The van der Waals surface area contributed by atoms with Crippen LogP contribution in [0.2, 0.25) is 0 Å². The highest BCUT2D eigenvalue weighted by atomic mass is 32.2. The molecular weight excluding hydrogens is 562 g/mol. The number of sulfonamides is 1. The van der Waals surface area contributed by atoms with Gasteiger partial charge >= 0.3 is 0 Å². The smallest absolute Gasteiger partial charge is 0.244 e. The number of ether oxygens (including phenoxy) is 1. The first-order valence-corrected chi connectivity index (χ1v) is 16.7. The summed E-state index contributed by atoms with van der Waals surface area (Å²) >= 11 is 0. The van der Waals surface area contributed by atoms with Gasteiger partial charge in [0.2, 0.25) is 21.8 Å². The van der Waals surface area contributed by atoms with Crippen LogP contribution in [0.4, 0.5) is 5.69 Å². The average Bonchev–Trinajstić information content (AvgIpc) is 3.50. The fourth-order valence-electron chi connectivity index (χ4n) is 5.69. The SMILES string of the molecule is COc1cccc(CN(C(=O)CN(c2ccccc2C(C)C)S(C)(=O)=O)C(Cc2ccccc2)C(=O)NC2CCCC2)c1. The van der Waals surface area contributed by atoms with E-state index in [1.54, 1.807) is 19.2 Å². The van der Waals surface area contributed by atoms with Crippen molar-refractivity contribution >= 4 is 27.5 Å². The molecule has 1 aliphatic rings. The molecule has 0 radical (unpaired) electrons. The zero-order chi connectivity index (χ0) is 31.0. The number of para-hydroxylation sites is 1. The van der Waals surface area contributed by atoms with E-state index in [4.69, 9.17) is 4.74 Å². The van der Waals surface area contributed by atoms with Crippen LogP contribution in [0.5, 0.6) is 5.75 Å². The number of nitrogens with zero attached hydrogens (tertiary/aromatic N) is 2. The lowest BCUT2D eigenvalue weighted by Gasteiger charge is -2.34. The van der Waals surface area contributed by atoms with Crippen LogP contribution in [0.15, 0.2) is 78.9 Å². The van der Waals surface area contributed by atoms with Crippen LogP contribution in [-0.4, -0.2) is 57.1 Å². The summed E-state index contributed by atoms with van der Waals surface area (Å²) in [5, 5.41) is 3.19. The number of amides is 2. The molecule has 0 aromatic heterocycles. The topological polar surface area (TPSA) is 96.0 Å². The second kappa shape index (κ2) is 14.6. The van der Waals surface area contributed by atoms with Gasteiger partial charge in [0.15, 0.2) is 0 Å². The molecule has 8 nitrogen and oxygen atoms in total. The summed E-state index contributed by atoms with van der Waals surface area (Å²) in [6.07, 6.45) is 5.32. The van der Waals surface area contributed by atoms with Crippen LogP contribution < -0.4 is 14.4 Å². The monoisotopic (exact) mass is 605 g/mol. The first-order valence-electron chi connectivity index (χ1n) is 14.9. The van der Waals surface area contributed by atoms with Crippen molar-refractivity contribution in [3.05, 3.63) is 95.6 Å². The van der Waals surface area contributed by atoms with Crippen molar-refractivity contribution in [2.75, 3.05) is 24.2 Å². The van der Waals surface area contributed by atoms with Gasteiger partial charge in [-0.25, -0.2) is 8.42 Å². The third-order valence-electron chi connectivity index (χ3n) is 7.97. The number of hydrogen-bond donors (Lipinski definition) is 1. The molecule has 1 fully saturated rings. The molecule has 3 aromatic rings. The van der Waals surface area contributed by atoms with Gasteiger partial charge < -0.3 is 15.0 Å². The van der Waals surface area contributed by atoms with E-state index in [-0.39, 0.29) is 30.8 Å². The van der Waals surface area contributed by atoms with Gasteiger partial charge in [-0.05, 0) is 53.6 Å². The number of benzene rings is 3. The standard InChI is InChI=1S/C34H43N3O5S/c1-25(2)30-19-10-11-20-31(30)37(43(4,40)41)24-33(38)36(23-27-15-12-18-29(21-27)42-3)32(22-26-13-6-5-7-14-26)34(39)35-28-16-8-9-17-28/h5-7,10-15,18-21,25,28,32H,8-9,16-17,22-24H2,1-4H3,(H,35,39). The van der Waals surface area contributed by atoms with Gasteiger partial charge in [0, 0.05) is 19.0 Å². The molecule has 0 saturated heterocycles. The van der Waals surface area contributed by atoms with Gasteiger partial charge in [-0.2, -0.15) is 0 Å². The van der Waals surface area contributed by atoms with E-state index < -0.39 is 28.5 Å². The Hall–Kier alpha value is -3.85. The van der Waals surface area contributed by atoms with Crippen LogP contribution in [0.3, 0.4) is 0 Å². The van der Waals surface area contributed by atoms with Crippen LogP contribution in [0.1, 0.15) is 62.1 Å². The Morgan fingerprint density at radius 2 is 1.58 bits per heavy atom. The summed E-state index contributed by atoms with van der Waals surface area (Å²) in [5.41, 5.74) is 2.96. The molecule has 1 unspecified atom stereocenters. The van der Waals surface area contributed by atoms with E-state index in [2.05, 4.69) is 5.32 Å². The summed E-state index contributed by atoms with van der Waals surface area (Å²) in [4.78, 5) is 29.9. The predicted octanol–water partition coefficient (Wildman–Crippen LogP) is 5.28. The molecule has 1 atom stereocenters. The van der Waals surface area contributed by atoms with Crippen molar-refractivity contribution in [3.8, 4) is 5.75 Å². The van der Waals surface area contributed by atoms with Crippen LogP contribution in [0.25, 0.3) is 0 Å². The van der Waals surface area contributed by atoms with Crippen molar-refractivity contribution in [2.24, 2.45) is 0 Å². The zero-order valence-electron chi connectivity index (χ0n) is 25.5. The largest absolute Gasteiger partial charge is 0.497 e. The highest BCUT2D eigenvalue weighted by molar-refractivity contribution is 7.92. The fraction of sp³-hybridized carbons (Fsp3) is 0.412. The molecule has 2 amide bonds. The molecule has 1 N–H and O–H groups in total. The zero-order valence-corrected chi connectivity index (χ0v) is 26.3. The molecule has 0 spiro atoms. The van der Waals surface area contributed by atoms with Gasteiger partial charge in [-0.15, -0.1) is 0 Å². The van der Waals surface area contributed by atoms with E-state index in [0.717, 1.165) is 52.9 Å².